The summed E-state index contributed by atoms with van der Waals surface area (Å²) in [6.45, 7) is 2.92. The van der Waals surface area contributed by atoms with E-state index in [2.05, 4.69) is 16.9 Å². The zero-order chi connectivity index (χ0) is 9.26. The van der Waals surface area contributed by atoms with Crippen LogP contribution < -0.4 is 5.73 Å². The fraction of sp³-hybridized carbons (Fsp3) is 0.700. The highest BCUT2D eigenvalue weighted by Crippen LogP contribution is 2.33. The van der Waals surface area contributed by atoms with Crippen LogP contribution in [0.2, 0.25) is 0 Å². The molecule has 0 amide bonds. The molecule has 0 saturated carbocycles. The van der Waals surface area contributed by atoms with Crippen LogP contribution in [0.25, 0.3) is 0 Å². The maximum Gasteiger partial charge on any atom is 0.107 e. The van der Waals surface area contributed by atoms with Gasteiger partial charge < -0.3 is 10.7 Å². The van der Waals surface area contributed by atoms with Gasteiger partial charge in [-0.1, -0.05) is 6.92 Å². The van der Waals surface area contributed by atoms with Crippen molar-refractivity contribution in [1.82, 2.24) is 9.97 Å². The summed E-state index contributed by atoms with van der Waals surface area (Å²) in [5.41, 5.74) is 8.15. The maximum atomic E-state index is 5.49. The molecular formula is C10H17N3. The van der Waals surface area contributed by atoms with Gasteiger partial charge in [-0.3, -0.25) is 0 Å². The Morgan fingerprint density at radius 2 is 2.46 bits per heavy atom. The number of hydrogen-bond donors (Lipinski definition) is 2. The molecule has 0 aliphatic heterocycles. The summed E-state index contributed by atoms with van der Waals surface area (Å²) in [7, 11) is 0. The van der Waals surface area contributed by atoms with Gasteiger partial charge in [-0.2, -0.15) is 0 Å². The topological polar surface area (TPSA) is 54.7 Å². The van der Waals surface area contributed by atoms with Crippen molar-refractivity contribution in [3.05, 3.63) is 17.2 Å². The Morgan fingerprint density at radius 3 is 3.15 bits per heavy atom. The molecule has 1 unspecified atom stereocenters. The Kier molecular flexibility index (Phi) is 2.36. The van der Waals surface area contributed by atoms with Gasteiger partial charge in [0.1, 0.15) is 5.82 Å². The van der Waals surface area contributed by atoms with Gasteiger partial charge in [-0.15, -0.1) is 0 Å². The minimum absolute atomic E-state index is 0.684. The number of H-pyrrole nitrogens is 1. The van der Waals surface area contributed by atoms with E-state index in [1.165, 1.54) is 30.7 Å². The van der Waals surface area contributed by atoms with Crippen molar-refractivity contribution in [2.24, 2.45) is 5.73 Å². The molecule has 3 nitrogen and oxygen atoms in total. The lowest BCUT2D eigenvalue weighted by Gasteiger charge is -2.02. The average Bonchev–Trinajstić information content (AvgIpc) is 2.63. The Bertz CT molecular complexity index is 290. The summed E-state index contributed by atoms with van der Waals surface area (Å²) in [5, 5.41) is 0. The van der Waals surface area contributed by atoms with Crippen LogP contribution in [-0.2, 0) is 12.8 Å². The van der Waals surface area contributed by atoms with Crippen molar-refractivity contribution >= 4 is 0 Å². The lowest BCUT2D eigenvalue weighted by Crippen LogP contribution is -2.04. The summed E-state index contributed by atoms with van der Waals surface area (Å²) in [6, 6.07) is 0. The summed E-state index contributed by atoms with van der Waals surface area (Å²) in [6.07, 6.45) is 4.53. The number of hydrogen-bond acceptors (Lipinski definition) is 2. The van der Waals surface area contributed by atoms with Crippen LogP contribution >= 0.6 is 0 Å². The second kappa shape index (κ2) is 3.50. The number of aromatic amines is 1. The summed E-state index contributed by atoms with van der Waals surface area (Å²) >= 11 is 0. The number of imidazole rings is 1. The van der Waals surface area contributed by atoms with Crippen molar-refractivity contribution in [2.45, 2.75) is 38.5 Å². The molecule has 0 radical (unpaired) electrons. The predicted molar refractivity (Wildman–Crippen MR) is 52.7 cm³/mol. The number of nitrogens with one attached hydrogen (secondary N) is 1. The molecule has 0 fully saturated rings. The van der Waals surface area contributed by atoms with E-state index >= 15 is 0 Å². The standard InChI is InChI=1S/C10H17N3/c1-2-7-3-4-8-10(7)13-9(12-8)5-6-11/h7H,2-6,11H2,1H3,(H,12,13). The zero-order valence-electron chi connectivity index (χ0n) is 8.14. The third-order valence-corrected chi connectivity index (χ3v) is 2.86. The predicted octanol–water partition coefficient (Wildman–Crippen LogP) is 1.35. The van der Waals surface area contributed by atoms with E-state index in [4.69, 9.17) is 5.73 Å². The highest BCUT2D eigenvalue weighted by molar-refractivity contribution is 5.24. The molecule has 1 aromatic heterocycles. The van der Waals surface area contributed by atoms with Gasteiger partial charge in [-0.25, -0.2) is 4.98 Å². The van der Waals surface area contributed by atoms with Crippen molar-refractivity contribution < 1.29 is 0 Å². The van der Waals surface area contributed by atoms with Crippen LogP contribution in [0, 0.1) is 0 Å². The van der Waals surface area contributed by atoms with Gasteiger partial charge in [0.15, 0.2) is 0 Å². The fourth-order valence-corrected chi connectivity index (χ4v) is 2.12. The van der Waals surface area contributed by atoms with Gasteiger partial charge in [0.05, 0.1) is 5.69 Å². The molecule has 72 valence electrons. The van der Waals surface area contributed by atoms with Crippen LogP contribution in [0.4, 0.5) is 0 Å². The molecular weight excluding hydrogens is 162 g/mol. The number of nitrogens with two attached hydrogens (primary N) is 1. The molecule has 0 aromatic carbocycles. The Hall–Kier alpha value is -0.830. The molecule has 0 spiro atoms. The van der Waals surface area contributed by atoms with Gasteiger partial charge in [-0.05, 0) is 25.8 Å². The van der Waals surface area contributed by atoms with E-state index in [0.29, 0.717) is 12.5 Å². The molecule has 1 aliphatic carbocycles. The zero-order valence-corrected chi connectivity index (χ0v) is 8.14. The molecule has 3 N–H and O–H groups in total. The molecule has 0 bridgehead atoms. The first-order valence-corrected chi connectivity index (χ1v) is 5.12. The van der Waals surface area contributed by atoms with Crippen molar-refractivity contribution in [3.8, 4) is 0 Å². The minimum atomic E-state index is 0.684. The van der Waals surface area contributed by atoms with E-state index < -0.39 is 0 Å². The Labute approximate surface area is 78.7 Å². The van der Waals surface area contributed by atoms with Gasteiger partial charge in [0.2, 0.25) is 0 Å². The second-order valence-corrected chi connectivity index (χ2v) is 3.73. The first-order valence-electron chi connectivity index (χ1n) is 5.12. The van der Waals surface area contributed by atoms with Crippen LogP contribution in [-0.4, -0.2) is 16.5 Å². The smallest absolute Gasteiger partial charge is 0.107 e. The minimum Gasteiger partial charge on any atom is -0.346 e. The quantitative estimate of drug-likeness (QED) is 0.736. The monoisotopic (exact) mass is 179 g/mol. The van der Waals surface area contributed by atoms with Crippen LogP contribution in [0.1, 0.15) is 42.9 Å². The molecule has 0 saturated heterocycles. The van der Waals surface area contributed by atoms with Crippen LogP contribution in [0.15, 0.2) is 0 Å². The molecule has 1 aromatic rings. The largest absolute Gasteiger partial charge is 0.346 e. The van der Waals surface area contributed by atoms with Crippen molar-refractivity contribution in [3.63, 3.8) is 0 Å². The van der Waals surface area contributed by atoms with Gasteiger partial charge in [0, 0.05) is 18.0 Å². The molecule has 2 rings (SSSR count). The molecule has 1 atom stereocenters. The summed E-state index contributed by atoms with van der Waals surface area (Å²) < 4.78 is 0. The number of rotatable bonds is 3. The van der Waals surface area contributed by atoms with Crippen molar-refractivity contribution in [1.29, 1.82) is 0 Å². The van der Waals surface area contributed by atoms with Gasteiger partial charge in [0.25, 0.3) is 0 Å². The number of aromatic nitrogens is 2. The lowest BCUT2D eigenvalue weighted by atomic mass is 10.1. The Balaban J connectivity index is 2.20. The third-order valence-electron chi connectivity index (χ3n) is 2.86. The SMILES string of the molecule is CCC1CCc2[nH]c(CCN)nc21. The fourth-order valence-electron chi connectivity index (χ4n) is 2.12. The summed E-state index contributed by atoms with van der Waals surface area (Å²) in [4.78, 5) is 7.96. The van der Waals surface area contributed by atoms with E-state index in [1.807, 2.05) is 0 Å². The first-order chi connectivity index (χ1) is 6.35. The number of fused-ring (bicyclic) bond motifs is 1. The molecule has 1 heterocycles. The number of aryl methyl sites for hydroxylation is 1. The van der Waals surface area contributed by atoms with Crippen LogP contribution in [0.5, 0.6) is 0 Å². The maximum absolute atomic E-state index is 5.49. The Morgan fingerprint density at radius 1 is 1.62 bits per heavy atom. The van der Waals surface area contributed by atoms with Gasteiger partial charge >= 0.3 is 0 Å². The normalized spacial score (nSPS) is 20.6. The molecule has 13 heavy (non-hydrogen) atoms. The highest BCUT2D eigenvalue weighted by atomic mass is 15.0. The number of nitrogens with zero attached hydrogens (tertiary/aromatic N) is 1. The first kappa shape index (κ1) is 8.75. The van der Waals surface area contributed by atoms with E-state index in [-0.39, 0.29) is 0 Å². The molecule has 3 heteroatoms. The lowest BCUT2D eigenvalue weighted by molar-refractivity contribution is 0.635. The van der Waals surface area contributed by atoms with Crippen molar-refractivity contribution in [2.75, 3.05) is 6.54 Å². The summed E-state index contributed by atoms with van der Waals surface area (Å²) in [5.74, 6) is 1.77. The second-order valence-electron chi connectivity index (χ2n) is 3.73. The van der Waals surface area contributed by atoms with E-state index in [9.17, 15) is 0 Å². The third kappa shape index (κ3) is 1.48. The highest BCUT2D eigenvalue weighted by Gasteiger charge is 2.24. The van der Waals surface area contributed by atoms with Crippen LogP contribution in [0.3, 0.4) is 0 Å². The molecule has 1 aliphatic rings. The van der Waals surface area contributed by atoms with E-state index in [0.717, 1.165) is 12.2 Å². The average molecular weight is 179 g/mol. The van der Waals surface area contributed by atoms with E-state index in [1.54, 1.807) is 0 Å².